The lowest BCUT2D eigenvalue weighted by Crippen LogP contribution is -2.15. The van der Waals surface area contributed by atoms with Gasteiger partial charge in [0.15, 0.2) is 0 Å². The first-order valence-electron chi connectivity index (χ1n) is 6.16. The van der Waals surface area contributed by atoms with E-state index in [9.17, 15) is 9.59 Å². The van der Waals surface area contributed by atoms with Gasteiger partial charge in [-0.05, 0) is 30.2 Å². The molecule has 1 atom stereocenters. The molecular weight excluding hydrogens is 230 g/mol. The number of nitrogens with one attached hydrogen (secondary N) is 1. The second-order valence-corrected chi connectivity index (χ2v) is 4.53. The lowest BCUT2D eigenvalue weighted by atomic mass is 10.0. The fourth-order valence-electron chi connectivity index (χ4n) is 1.82. The van der Waals surface area contributed by atoms with E-state index in [0.29, 0.717) is 18.0 Å². The molecule has 1 amide bonds. The van der Waals surface area contributed by atoms with Gasteiger partial charge in [-0.1, -0.05) is 26.7 Å². The van der Waals surface area contributed by atoms with Crippen LogP contribution in [-0.4, -0.2) is 17.0 Å². The minimum Gasteiger partial charge on any atom is -0.478 e. The minimum atomic E-state index is -0.968. The molecule has 0 heterocycles. The van der Waals surface area contributed by atoms with Crippen molar-refractivity contribution >= 4 is 17.6 Å². The molecule has 1 aromatic rings. The lowest BCUT2D eigenvalue weighted by Gasteiger charge is -2.10. The van der Waals surface area contributed by atoms with Gasteiger partial charge in [-0.2, -0.15) is 0 Å². The molecule has 1 rings (SSSR count). The maximum atomic E-state index is 11.7. The Kier molecular flexibility index (Phi) is 5.36. The zero-order valence-electron chi connectivity index (χ0n) is 10.8. The van der Waals surface area contributed by atoms with Crippen LogP contribution in [0.4, 0.5) is 5.69 Å². The van der Waals surface area contributed by atoms with E-state index in [0.717, 1.165) is 12.8 Å². The fraction of sp³-hybridized carbons (Fsp3) is 0.429. The van der Waals surface area contributed by atoms with E-state index >= 15 is 0 Å². The lowest BCUT2D eigenvalue weighted by molar-refractivity contribution is -0.117. The number of carboxylic acids is 1. The predicted molar refractivity (Wildman–Crippen MR) is 70.7 cm³/mol. The maximum Gasteiger partial charge on any atom is 0.335 e. The van der Waals surface area contributed by atoms with Gasteiger partial charge in [0.1, 0.15) is 0 Å². The maximum absolute atomic E-state index is 11.7. The summed E-state index contributed by atoms with van der Waals surface area (Å²) in [5.41, 5.74) is 0.848. The van der Waals surface area contributed by atoms with Crippen LogP contribution in [0.5, 0.6) is 0 Å². The van der Waals surface area contributed by atoms with Crippen molar-refractivity contribution < 1.29 is 14.7 Å². The van der Waals surface area contributed by atoms with Crippen LogP contribution in [-0.2, 0) is 4.79 Å². The van der Waals surface area contributed by atoms with Crippen molar-refractivity contribution in [3.05, 3.63) is 29.8 Å². The van der Waals surface area contributed by atoms with Crippen LogP contribution in [0, 0.1) is 5.92 Å². The average Bonchev–Trinajstić information content (AvgIpc) is 2.29. The standard InChI is InChI=1S/C14H19NO3/c1-3-4-10(2)9-13(16)15-12-7-5-11(6-8-12)14(17)18/h5-8,10H,3-4,9H2,1-2H3,(H,15,16)(H,17,18). The first-order valence-corrected chi connectivity index (χ1v) is 6.16. The highest BCUT2D eigenvalue weighted by Crippen LogP contribution is 2.13. The minimum absolute atomic E-state index is 0.0287. The van der Waals surface area contributed by atoms with Crippen LogP contribution in [0.3, 0.4) is 0 Å². The Hall–Kier alpha value is -1.84. The van der Waals surface area contributed by atoms with Crippen LogP contribution in [0.25, 0.3) is 0 Å². The molecule has 18 heavy (non-hydrogen) atoms. The number of amides is 1. The SMILES string of the molecule is CCCC(C)CC(=O)Nc1ccc(C(=O)O)cc1. The fourth-order valence-corrected chi connectivity index (χ4v) is 1.82. The number of carbonyl (C=O) groups is 2. The quantitative estimate of drug-likeness (QED) is 0.813. The number of carbonyl (C=O) groups excluding carboxylic acids is 1. The van der Waals surface area contributed by atoms with Crippen LogP contribution in [0.2, 0.25) is 0 Å². The van der Waals surface area contributed by atoms with Crippen molar-refractivity contribution in [1.82, 2.24) is 0 Å². The van der Waals surface area contributed by atoms with Crippen LogP contribution in [0.1, 0.15) is 43.5 Å². The first kappa shape index (κ1) is 14.2. The Morgan fingerprint density at radius 1 is 1.28 bits per heavy atom. The summed E-state index contributed by atoms with van der Waals surface area (Å²) in [7, 11) is 0. The van der Waals surface area contributed by atoms with Crippen LogP contribution >= 0.6 is 0 Å². The monoisotopic (exact) mass is 249 g/mol. The van der Waals surface area contributed by atoms with Gasteiger partial charge in [0.25, 0.3) is 0 Å². The molecular formula is C14H19NO3. The zero-order valence-corrected chi connectivity index (χ0v) is 10.8. The molecule has 0 aliphatic carbocycles. The number of rotatable bonds is 6. The van der Waals surface area contributed by atoms with Gasteiger partial charge in [0.05, 0.1) is 5.56 Å². The normalized spacial score (nSPS) is 11.9. The van der Waals surface area contributed by atoms with E-state index in [1.54, 1.807) is 12.1 Å². The van der Waals surface area contributed by atoms with Gasteiger partial charge in [-0.25, -0.2) is 4.79 Å². The second-order valence-electron chi connectivity index (χ2n) is 4.53. The van der Waals surface area contributed by atoms with Gasteiger partial charge in [-0.3, -0.25) is 4.79 Å². The molecule has 0 saturated heterocycles. The number of anilines is 1. The Bertz CT molecular complexity index is 412. The molecule has 0 spiro atoms. The molecule has 4 nitrogen and oxygen atoms in total. The number of carboxylic acid groups (broad SMARTS) is 1. The first-order chi connectivity index (χ1) is 8.52. The molecule has 0 fully saturated rings. The summed E-state index contributed by atoms with van der Waals surface area (Å²) < 4.78 is 0. The molecule has 0 radical (unpaired) electrons. The molecule has 0 aliphatic rings. The molecule has 0 bridgehead atoms. The van der Waals surface area contributed by atoms with Crippen molar-refractivity contribution in [3.63, 3.8) is 0 Å². The van der Waals surface area contributed by atoms with Crippen molar-refractivity contribution in [1.29, 1.82) is 0 Å². The van der Waals surface area contributed by atoms with E-state index < -0.39 is 5.97 Å². The number of hydrogen-bond donors (Lipinski definition) is 2. The molecule has 0 aliphatic heterocycles. The molecule has 2 N–H and O–H groups in total. The number of hydrogen-bond acceptors (Lipinski definition) is 2. The summed E-state index contributed by atoms with van der Waals surface area (Å²) in [5.74, 6) is -0.628. The Balaban J connectivity index is 2.51. The van der Waals surface area contributed by atoms with Gasteiger partial charge < -0.3 is 10.4 Å². The Labute approximate surface area is 107 Å². The molecule has 1 aromatic carbocycles. The third-order valence-corrected chi connectivity index (χ3v) is 2.73. The van der Waals surface area contributed by atoms with Gasteiger partial charge in [0.2, 0.25) is 5.91 Å². The predicted octanol–water partition coefficient (Wildman–Crippen LogP) is 3.15. The van der Waals surface area contributed by atoms with Gasteiger partial charge in [0, 0.05) is 12.1 Å². The smallest absolute Gasteiger partial charge is 0.335 e. The summed E-state index contributed by atoms with van der Waals surface area (Å²) >= 11 is 0. The molecule has 0 aromatic heterocycles. The topological polar surface area (TPSA) is 66.4 Å². The van der Waals surface area contributed by atoms with Crippen molar-refractivity contribution in [3.8, 4) is 0 Å². The highest BCUT2D eigenvalue weighted by Gasteiger charge is 2.09. The van der Waals surface area contributed by atoms with E-state index in [-0.39, 0.29) is 11.5 Å². The Morgan fingerprint density at radius 3 is 2.39 bits per heavy atom. The molecule has 1 unspecified atom stereocenters. The highest BCUT2D eigenvalue weighted by atomic mass is 16.4. The van der Waals surface area contributed by atoms with E-state index in [1.165, 1.54) is 12.1 Å². The van der Waals surface area contributed by atoms with Crippen LogP contribution < -0.4 is 5.32 Å². The van der Waals surface area contributed by atoms with Crippen molar-refractivity contribution in [2.75, 3.05) is 5.32 Å². The highest BCUT2D eigenvalue weighted by molar-refractivity contribution is 5.92. The Morgan fingerprint density at radius 2 is 1.89 bits per heavy atom. The summed E-state index contributed by atoms with van der Waals surface area (Å²) in [4.78, 5) is 22.4. The van der Waals surface area contributed by atoms with E-state index in [1.807, 2.05) is 0 Å². The van der Waals surface area contributed by atoms with Gasteiger partial charge in [-0.15, -0.1) is 0 Å². The third-order valence-electron chi connectivity index (χ3n) is 2.73. The largest absolute Gasteiger partial charge is 0.478 e. The number of benzene rings is 1. The summed E-state index contributed by atoms with van der Waals surface area (Å²) in [5, 5.41) is 11.5. The molecule has 4 heteroatoms. The summed E-state index contributed by atoms with van der Waals surface area (Å²) in [6, 6.07) is 6.17. The van der Waals surface area contributed by atoms with Crippen LogP contribution in [0.15, 0.2) is 24.3 Å². The van der Waals surface area contributed by atoms with E-state index in [2.05, 4.69) is 19.2 Å². The average molecular weight is 249 g/mol. The van der Waals surface area contributed by atoms with Gasteiger partial charge >= 0.3 is 5.97 Å². The van der Waals surface area contributed by atoms with Crippen molar-refractivity contribution in [2.24, 2.45) is 5.92 Å². The third kappa shape index (κ3) is 4.57. The molecule has 98 valence electrons. The zero-order chi connectivity index (χ0) is 13.5. The number of aromatic carboxylic acids is 1. The second kappa shape index (κ2) is 6.79. The summed E-state index contributed by atoms with van der Waals surface area (Å²) in [6.45, 7) is 4.15. The van der Waals surface area contributed by atoms with E-state index in [4.69, 9.17) is 5.11 Å². The summed E-state index contributed by atoms with van der Waals surface area (Å²) in [6.07, 6.45) is 2.60. The molecule has 0 saturated carbocycles. The van der Waals surface area contributed by atoms with Crippen molar-refractivity contribution in [2.45, 2.75) is 33.1 Å².